The monoisotopic (exact) mass is 352 g/mol. The molecular weight excluding hydrogens is 328 g/mol. The highest BCUT2D eigenvalue weighted by Crippen LogP contribution is 2.12. The first-order valence-electron chi connectivity index (χ1n) is 8.86. The highest BCUT2D eigenvalue weighted by molar-refractivity contribution is 6.09. The molecule has 0 saturated carbocycles. The molecule has 2 aromatic rings. The first-order valence-corrected chi connectivity index (χ1v) is 8.86. The van der Waals surface area contributed by atoms with Crippen LogP contribution in [0.25, 0.3) is 6.08 Å². The van der Waals surface area contributed by atoms with Crippen LogP contribution >= 0.6 is 0 Å². The van der Waals surface area contributed by atoms with Crippen molar-refractivity contribution in [3.8, 4) is 0 Å². The number of aliphatic hydroxyl groups is 1. The highest BCUT2D eigenvalue weighted by atomic mass is 16.5. The SMILES string of the molecule is O=C(C=Cc1ccc(C(=O)c2ccccc2)cc1)OCCCCCCO. The number of hydrogen-bond acceptors (Lipinski definition) is 4. The van der Waals surface area contributed by atoms with Crippen molar-refractivity contribution in [2.45, 2.75) is 25.7 Å². The molecule has 0 aliphatic rings. The molecule has 0 bridgehead atoms. The Bertz CT molecular complexity index is 718. The largest absolute Gasteiger partial charge is 0.463 e. The van der Waals surface area contributed by atoms with Crippen LogP contribution in [0.15, 0.2) is 60.7 Å². The van der Waals surface area contributed by atoms with E-state index in [9.17, 15) is 9.59 Å². The summed E-state index contributed by atoms with van der Waals surface area (Å²) in [6.45, 7) is 0.595. The zero-order chi connectivity index (χ0) is 18.6. The van der Waals surface area contributed by atoms with E-state index in [0.717, 1.165) is 31.2 Å². The van der Waals surface area contributed by atoms with Crippen molar-refractivity contribution in [1.29, 1.82) is 0 Å². The molecule has 4 heteroatoms. The van der Waals surface area contributed by atoms with Crippen LogP contribution in [0.1, 0.15) is 47.2 Å². The fourth-order valence-corrected chi connectivity index (χ4v) is 2.45. The molecule has 2 aromatic carbocycles. The van der Waals surface area contributed by atoms with Gasteiger partial charge in [-0.15, -0.1) is 0 Å². The number of carbonyl (C=O) groups excluding carboxylic acids is 2. The fourth-order valence-electron chi connectivity index (χ4n) is 2.45. The summed E-state index contributed by atoms with van der Waals surface area (Å²) >= 11 is 0. The summed E-state index contributed by atoms with van der Waals surface area (Å²) in [5, 5.41) is 8.68. The molecule has 1 N–H and O–H groups in total. The van der Waals surface area contributed by atoms with Gasteiger partial charge in [0.2, 0.25) is 0 Å². The molecule has 0 aliphatic carbocycles. The first-order chi connectivity index (χ1) is 12.7. The Balaban J connectivity index is 1.80. The molecular formula is C22H24O4. The van der Waals surface area contributed by atoms with E-state index in [1.165, 1.54) is 6.08 Å². The zero-order valence-electron chi connectivity index (χ0n) is 14.8. The maximum Gasteiger partial charge on any atom is 0.330 e. The lowest BCUT2D eigenvalue weighted by molar-refractivity contribution is -0.137. The zero-order valence-corrected chi connectivity index (χ0v) is 14.8. The van der Waals surface area contributed by atoms with E-state index in [-0.39, 0.29) is 18.4 Å². The minimum absolute atomic E-state index is 0.0262. The average Bonchev–Trinajstić information content (AvgIpc) is 2.69. The Hall–Kier alpha value is -2.72. The number of carbonyl (C=O) groups is 2. The standard InChI is InChI=1S/C22H24O4/c23-16-6-1-2-7-17-26-21(24)15-12-18-10-13-20(14-11-18)22(25)19-8-4-3-5-9-19/h3-5,8-15,23H,1-2,6-7,16-17H2. The third kappa shape index (κ3) is 6.65. The Morgan fingerprint density at radius 1 is 0.846 bits per heavy atom. The average molecular weight is 352 g/mol. The van der Waals surface area contributed by atoms with Gasteiger partial charge in [-0.2, -0.15) is 0 Å². The molecule has 0 atom stereocenters. The molecule has 0 fully saturated rings. The molecule has 0 radical (unpaired) electrons. The number of ketones is 1. The third-order valence-corrected chi connectivity index (χ3v) is 3.92. The van der Waals surface area contributed by atoms with Crippen LogP contribution in [0.5, 0.6) is 0 Å². The van der Waals surface area contributed by atoms with Gasteiger partial charge >= 0.3 is 5.97 Å². The van der Waals surface area contributed by atoms with Crippen molar-refractivity contribution in [3.05, 3.63) is 77.4 Å². The van der Waals surface area contributed by atoms with Crippen molar-refractivity contribution < 1.29 is 19.4 Å². The van der Waals surface area contributed by atoms with Gasteiger partial charge in [-0.05, 0) is 30.9 Å². The molecule has 2 rings (SSSR count). The topological polar surface area (TPSA) is 63.6 Å². The molecule has 0 heterocycles. The predicted octanol–water partition coefficient (Wildman–Crippen LogP) is 4.03. The summed E-state index contributed by atoms with van der Waals surface area (Å²) in [6.07, 6.45) is 6.53. The minimum Gasteiger partial charge on any atom is -0.463 e. The maximum absolute atomic E-state index is 12.3. The minimum atomic E-state index is -0.378. The number of aliphatic hydroxyl groups excluding tert-OH is 1. The van der Waals surface area contributed by atoms with Gasteiger partial charge in [0.25, 0.3) is 0 Å². The Morgan fingerprint density at radius 3 is 2.19 bits per heavy atom. The summed E-state index contributed by atoms with van der Waals surface area (Å²) in [4.78, 5) is 24.0. The second-order valence-corrected chi connectivity index (χ2v) is 5.96. The van der Waals surface area contributed by atoms with Gasteiger partial charge in [-0.3, -0.25) is 4.79 Å². The van der Waals surface area contributed by atoms with E-state index < -0.39 is 0 Å². The molecule has 0 saturated heterocycles. The summed E-state index contributed by atoms with van der Waals surface area (Å²) in [5.41, 5.74) is 2.09. The maximum atomic E-state index is 12.3. The molecule has 0 aliphatic heterocycles. The number of unbranched alkanes of at least 4 members (excludes halogenated alkanes) is 3. The van der Waals surface area contributed by atoms with Crippen LogP contribution in [-0.4, -0.2) is 30.1 Å². The second kappa shape index (κ2) is 11.0. The normalized spacial score (nSPS) is 10.8. The van der Waals surface area contributed by atoms with Crippen LogP contribution in [0, 0.1) is 0 Å². The van der Waals surface area contributed by atoms with Crippen LogP contribution in [0.4, 0.5) is 0 Å². The molecule has 0 aromatic heterocycles. The van der Waals surface area contributed by atoms with E-state index in [1.54, 1.807) is 42.5 Å². The van der Waals surface area contributed by atoms with E-state index in [2.05, 4.69) is 0 Å². The van der Waals surface area contributed by atoms with E-state index in [0.29, 0.717) is 17.7 Å². The first kappa shape index (κ1) is 19.6. The molecule has 0 spiro atoms. The van der Waals surface area contributed by atoms with Crippen molar-refractivity contribution >= 4 is 17.8 Å². The number of esters is 1. The van der Waals surface area contributed by atoms with Gasteiger partial charge in [0.1, 0.15) is 0 Å². The van der Waals surface area contributed by atoms with Crippen LogP contribution in [-0.2, 0) is 9.53 Å². The van der Waals surface area contributed by atoms with E-state index >= 15 is 0 Å². The van der Waals surface area contributed by atoms with E-state index in [4.69, 9.17) is 9.84 Å². The van der Waals surface area contributed by atoms with Gasteiger partial charge in [0.05, 0.1) is 6.61 Å². The van der Waals surface area contributed by atoms with Gasteiger partial charge in [-0.1, -0.05) is 61.0 Å². The third-order valence-electron chi connectivity index (χ3n) is 3.92. The molecule has 4 nitrogen and oxygen atoms in total. The summed E-state index contributed by atoms with van der Waals surface area (Å²) in [7, 11) is 0. The lowest BCUT2D eigenvalue weighted by Gasteiger charge is -2.02. The Kier molecular flexibility index (Phi) is 8.30. The van der Waals surface area contributed by atoms with Crippen molar-refractivity contribution in [1.82, 2.24) is 0 Å². The van der Waals surface area contributed by atoms with Crippen molar-refractivity contribution in [2.24, 2.45) is 0 Å². The number of rotatable bonds is 10. The lowest BCUT2D eigenvalue weighted by Crippen LogP contribution is -2.02. The molecule has 26 heavy (non-hydrogen) atoms. The molecule has 0 amide bonds. The summed E-state index contributed by atoms with van der Waals surface area (Å²) < 4.78 is 5.12. The number of hydrogen-bond donors (Lipinski definition) is 1. The van der Waals surface area contributed by atoms with Gasteiger partial charge in [-0.25, -0.2) is 4.79 Å². The molecule has 0 unspecified atom stereocenters. The smallest absolute Gasteiger partial charge is 0.330 e. The Morgan fingerprint density at radius 2 is 1.50 bits per heavy atom. The quantitative estimate of drug-likeness (QED) is 0.303. The summed E-state index contributed by atoms with van der Waals surface area (Å²) in [5.74, 6) is -0.404. The second-order valence-electron chi connectivity index (χ2n) is 5.96. The highest BCUT2D eigenvalue weighted by Gasteiger charge is 2.07. The van der Waals surface area contributed by atoms with E-state index in [1.807, 2.05) is 18.2 Å². The number of benzene rings is 2. The van der Waals surface area contributed by atoms with Crippen LogP contribution in [0.2, 0.25) is 0 Å². The van der Waals surface area contributed by atoms with Gasteiger partial charge < -0.3 is 9.84 Å². The predicted molar refractivity (Wildman–Crippen MR) is 102 cm³/mol. The van der Waals surface area contributed by atoms with Crippen molar-refractivity contribution in [3.63, 3.8) is 0 Å². The molecule has 136 valence electrons. The fraction of sp³-hybridized carbons (Fsp3) is 0.273. The van der Waals surface area contributed by atoms with Gasteiger partial charge in [0, 0.05) is 23.8 Å². The Labute approximate surface area is 154 Å². The van der Waals surface area contributed by atoms with Crippen LogP contribution in [0.3, 0.4) is 0 Å². The van der Waals surface area contributed by atoms with Gasteiger partial charge in [0.15, 0.2) is 5.78 Å². The van der Waals surface area contributed by atoms with Crippen molar-refractivity contribution in [2.75, 3.05) is 13.2 Å². The summed E-state index contributed by atoms with van der Waals surface area (Å²) in [6, 6.07) is 16.2. The van der Waals surface area contributed by atoms with Crippen LogP contribution < -0.4 is 0 Å². The lowest BCUT2D eigenvalue weighted by atomic mass is 10.0. The number of ether oxygens (including phenoxy) is 1.